The second kappa shape index (κ2) is 6.33. The molecule has 0 fully saturated rings. The molecule has 0 unspecified atom stereocenters. The van der Waals surface area contributed by atoms with E-state index in [0.29, 0.717) is 16.7 Å². The Labute approximate surface area is 133 Å². The molecule has 0 spiro atoms. The van der Waals surface area contributed by atoms with E-state index in [1.165, 1.54) is 9.58 Å². The SMILES string of the molecule is CN(CC(C)(C)O)C(=O)Nc1ccn(-c2ncccc2Cl)n1. The number of aromatic nitrogens is 3. The molecular weight excluding hydrogens is 306 g/mol. The third-order valence-electron chi connectivity index (χ3n) is 2.75. The normalized spacial score (nSPS) is 11.3. The highest BCUT2D eigenvalue weighted by Crippen LogP contribution is 2.17. The lowest BCUT2D eigenvalue weighted by molar-refractivity contribution is 0.0550. The summed E-state index contributed by atoms with van der Waals surface area (Å²) >= 11 is 6.05. The van der Waals surface area contributed by atoms with Crippen molar-refractivity contribution >= 4 is 23.4 Å². The number of nitrogens with zero attached hydrogens (tertiary/aromatic N) is 4. The highest BCUT2D eigenvalue weighted by atomic mass is 35.5. The summed E-state index contributed by atoms with van der Waals surface area (Å²) in [7, 11) is 1.60. The topological polar surface area (TPSA) is 83.3 Å². The van der Waals surface area contributed by atoms with E-state index in [2.05, 4.69) is 15.4 Å². The van der Waals surface area contributed by atoms with Crippen LogP contribution in [0.1, 0.15) is 13.8 Å². The van der Waals surface area contributed by atoms with Crippen LogP contribution in [0.15, 0.2) is 30.6 Å². The summed E-state index contributed by atoms with van der Waals surface area (Å²) < 4.78 is 1.48. The summed E-state index contributed by atoms with van der Waals surface area (Å²) in [4.78, 5) is 17.5. The van der Waals surface area contributed by atoms with Crippen molar-refractivity contribution < 1.29 is 9.90 Å². The van der Waals surface area contributed by atoms with Crippen molar-refractivity contribution in [3.05, 3.63) is 35.6 Å². The zero-order valence-corrected chi connectivity index (χ0v) is 13.4. The van der Waals surface area contributed by atoms with Gasteiger partial charge < -0.3 is 10.0 Å². The van der Waals surface area contributed by atoms with Crippen molar-refractivity contribution in [2.75, 3.05) is 18.9 Å². The van der Waals surface area contributed by atoms with Gasteiger partial charge in [0.2, 0.25) is 0 Å². The lowest BCUT2D eigenvalue weighted by Gasteiger charge is -2.25. The molecule has 2 aromatic heterocycles. The first-order valence-electron chi connectivity index (χ1n) is 6.67. The van der Waals surface area contributed by atoms with Crippen molar-refractivity contribution in [3.63, 3.8) is 0 Å². The number of carbonyl (C=O) groups excluding carboxylic acids is 1. The van der Waals surface area contributed by atoms with Crippen molar-refractivity contribution in [3.8, 4) is 5.82 Å². The van der Waals surface area contributed by atoms with Crippen LogP contribution in [0.2, 0.25) is 5.02 Å². The van der Waals surface area contributed by atoms with Crippen molar-refractivity contribution in [1.82, 2.24) is 19.7 Å². The van der Waals surface area contributed by atoms with Crippen LogP contribution in [0.3, 0.4) is 0 Å². The van der Waals surface area contributed by atoms with Gasteiger partial charge >= 0.3 is 6.03 Å². The van der Waals surface area contributed by atoms with Crippen LogP contribution >= 0.6 is 11.6 Å². The molecule has 0 radical (unpaired) electrons. The van der Waals surface area contributed by atoms with Crippen LogP contribution in [0.5, 0.6) is 0 Å². The van der Waals surface area contributed by atoms with Gasteiger partial charge in [-0.3, -0.25) is 5.32 Å². The van der Waals surface area contributed by atoms with Crippen LogP contribution in [0.25, 0.3) is 5.82 Å². The van der Waals surface area contributed by atoms with Gasteiger partial charge in [-0.15, -0.1) is 5.10 Å². The number of nitrogens with one attached hydrogen (secondary N) is 1. The molecule has 2 rings (SSSR count). The first-order chi connectivity index (χ1) is 10.3. The molecule has 2 N–H and O–H groups in total. The van der Waals surface area contributed by atoms with Gasteiger partial charge in [0.05, 0.1) is 17.2 Å². The monoisotopic (exact) mass is 323 g/mol. The van der Waals surface area contributed by atoms with E-state index in [-0.39, 0.29) is 12.6 Å². The quantitative estimate of drug-likeness (QED) is 0.903. The number of carbonyl (C=O) groups is 1. The number of pyridine rings is 1. The van der Waals surface area contributed by atoms with Gasteiger partial charge in [0.15, 0.2) is 11.6 Å². The average molecular weight is 324 g/mol. The highest BCUT2D eigenvalue weighted by Gasteiger charge is 2.20. The van der Waals surface area contributed by atoms with Gasteiger partial charge in [-0.2, -0.15) is 0 Å². The predicted molar refractivity (Wildman–Crippen MR) is 84.3 cm³/mol. The molecule has 0 aliphatic rings. The van der Waals surface area contributed by atoms with Crippen molar-refractivity contribution in [2.45, 2.75) is 19.4 Å². The molecule has 8 heteroatoms. The first-order valence-corrected chi connectivity index (χ1v) is 7.05. The zero-order valence-electron chi connectivity index (χ0n) is 12.6. The third-order valence-corrected chi connectivity index (χ3v) is 3.05. The molecule has 0 aliphatic carbocycles. The lowest BCUT2D eigenvalue weighted by atomic mass is 10.1. The Kier molecular flexibility index (Phi) is 4.68. The summed E-state index contributed by atoms with van der Waals surface area (Å²) in [5.74, 6) is 0.851. The number of halogens is 1. The molecule has 22 heavy (non-hydrogen) atoms. The van der Waals surface area contributed by atoms with Gasteiger partial charge in [-0.25, -0.2) is 14.5 Å². The Morgan fingerprint density at radius 3 is 2.86 bits per heavy atom. The van der Waals surface area contributed by atoms with E-state index < -0.39 is 5.60 Å². The van der Waals surface area contributed by atoms with E-state index >= 15 is 0 Å². The van der Waals surface area contributed by atoms with E-state index in [1.54, 1.807) is 51.5 Å². The molecule has 118 valence electrons. The number of aliphatic hydroxyl groups is 1. The number of rotatable bonds is 4. The molecule has 0 saturated heterocycles. The molecule has 0 aliphatic heterocycles. The molecule has 7 nitrogen and oxygen atoms in total. The standard InChI is InChI=1S/C14H18ClN5O2/c1-14(2,22)9-19(3)13(21)17-11-6-8-20(18-11)12-10(15)5-4-7-16-12/h4-8,22H,9H2,1-3H3,(H,17,18,21). The highest BCUT2D eigenvalue weighted by molar-refractivity contribution is 6.32. The Bertz CT molecular complexity index is 665. The average Bonchev–Trinajstić information content (AvgIpc) is 2.85. The zero-order chi connectivity index (χ0) is 16.3. The molecule has 2 heterocycles. The van der Waals surface area contributed by atoms with Gasteiger partial charge in [-0.1, -0.05) is 11.6 Å². The van der Waals surface area contributed by atoms with E-state index in [0.717, 1.165) is 0 Å². The molecule has 0 saturated carbocycles. The fourth-order valence-corrected chi connectivity index (χ4v) is 2.12. The molecule has 0 atom stereocenters. The second-order valence-corrected chi connectivity index (χ2v) is 5.96. The molecular formula is C14H18ClN5O2. The van der Waals surface area contributed by atoms with Crippen LogP contribution in [-0.2, 0) is 0 Å². The summed E-state index contributed by atoms with van der Waals surface area (Å²) in [5, 5.41) is 17.0. The maximum absolute atomic E-state index is 12.0. The van der Waals surface area contributed by atoms with Crippen LogP contribution in [0, 0.1) is 0 Å². The Morgan fingerprint density at radius 1 is 1.50 bits per heavy atom. The number of urea groups is 1. The maximum Gasteiger partial charge on any atom is 0.322 e. The van der Waals surface area contributed by atoms with Crippen LogP contribution in [0.4, 0.5) is 10.6 Å². The maximum atomic E-state index is 12.0. The molecule has 2 aromatic rings. The van der Waals surface area contributed by atoms with Gasteiger partial charge in [0.1, 0.15) is 0 Å². The number of anilines is 1. The number of likely N-dealkylation sites (N-methyl/N-ethyl adjacent to an activating group) is 1. The van der Waals surface area contributed by atoms with Crippen molar-refractivity contribution in [1.29, 1.82) is 0 Å². The van der Waals surface area contributed by atoms with Crippen LogP contribution in [-0.4, -0.2) is 50.0 Å². The Balaban J connectivity index is 2.07. The van der Waals surface area contributed by atoms with E-state index in [9.17, 15) is 9.90 Å². The minimum atomic E-state index is -0.965. The predicted octanol–water partition coefficient (Wildman–Crippen LogP) is 2.16. The van der Waals surface area contributed by atoms with Gasteiger partial charge in [-0.05, 0) is 26.0 Å². The summed E-state index contributed by atoms with van der Waals surface area (Å²) in [5.41, 5.74) is -0.965. The largest absolute Gasteiger partial charge is 0.389 e. The summed E-state index contributed by atoms with van der Waals surface area (Å²) in [6, 6.07) is 4.71. The van der Waals surface area contributed by atoms with Gasteiger partial charge in [0.25, 0.3) is 0 Å². The Hall–Kier alpha value is -2.12. The Morgan fingerprint density at radius 2 is 2.23 bits per heavy atom. The first kappa shape index (κ1) is 16.3. The van der Waals surface area contributed by atoms with Crippen LogP contribution < -0.4 is 5.32 Å². The number of hydrogen-bond donors (Lipinski definition) is 2. The lowest BCUT2D eigenvalue weighted by Crippen LogP contribution is -2.41. The number of amides is 2. The van der Waals surface area contributed by atoms with Gasteiger partial charge in [0, 0.05) is 25.5 Å². The smallest absolute Gasteiger partial charge is 0.322 e. The fourth-order valence-electron chi connectivity index (χ4n) is 1.91. The third kappa shape index (κ3) is 4.19. The molecule has 0 bridgehead atoms. The number of hydrogen-bond acceptors (Lipinski definition) is 4. The van der Waals surface area contributed by atoms with Crippen molar-refractivity contribution in [2.24, 2.45) is 0 Å². The minimum Gasteiger partial charge on any atom is -0.389 e. The fraction of sp³-hybridized carbons (Fsp3) is 0.357. The minimum absolute atomic E-state index is 0.200. The van der Waals surface area contributed by atoms with E-state index in [4.69, 9.17) is 11.6 Å². The molecule has 2 amide bonds. The van der Waals surface area contributed by atoms with E-state index in [1.807, 2.05) is 0 Å². The second-order valence-electron chi connectivity index (χ2n) is 5.55. The summed E-state index contributed by atoms with van der Waals surface area (Å²) in [6.45, 7) is 3.47. The summed E-state index contributed by atoms with van der Waals surface area (Å²) in [6.07, 6.45) is 3.26. The molecule has 0 aromatic carbocycles.